The molecule has 0 aromatic carbocycles. The largest absolute Gasteiger partial charge is 0.463 e. The highest BCUT2D eigenvalue weighted by molar-refractivity contribution is 5.75. The van der Waals surface area contributed by atoms with Crippen molar-refractivity contribution in [1.82, 2.24) is 4.90 Å². The van der Waals surface area contributed by atoms with Gasteiger partial charge in [-0.3, -0.25) is 0 Å². The number of hydrogen-bond acceptors (Lipinski definition) is 4. The average Bonchev–Trinajstić information content (AvgIpc) is 2.67. The average molecular weight is 265 g/mol. The summed E-state index contributed by atoms with van der Waals surface area (Å²) in [5.41, 5.74) is 0. The zero-order chi connectivity index (χ0) is 13.6. The predicted octanol–water partition coefficient (Wildman–Crippen LogP) is 1.81. The molecule has 104 valence electrons. The molecule has 1 rings (SSSR count). The van der Waals surface area contributed by atoms with Crippen molar-refractivity contribution in [3.05, 3.63) is 0 Å². The molecule has 0 saturated carbocycles. The molecule has 0 aromatic rings. The molecule has 1 fully saturated rings. The summed E-state index contributed by atoms with van der Waals surface area (Å²) in [6.07, 6.45) is 0.344. The van der Waals surface area contributed by atoms with E-state index in [1.165, 1.54) is 0 Å². The van der Waals surface area contributed by atoms with Crippen LogP contribution < -0.4 is 0 Å². The van der Waals surface area contributed by atoms with Gasteiger partial charge in [-0.25, -0.2) is 18.4 Å². The first kappa shape index (κ1) is 14.7. The van der Waals surface area contributed by atoms with Crippen LogP contribution in [0.25, 0.3) is 0 Å². The molecule has 0 bridgehead atoms. The van der Waals surface area contributed by atoms with Gasteiger partial charge in [-0.2, -0.15) is 0 Å². The molecule has 0 N–H and O–H groups in total. The highest BCUT2D eigenvalue weighted by Gasteiger charge is 2.41. The van der Waals surface area contributed by atoms with Gasteiger partial charge in [-0.15, -0.1) is 0 Å². The normalized spacial score (nSPS) is 17.6. The Kier molecular flexibility index (Phi) is 5.30. The molecule has 0 aliphatic carbocycles. The molecule has 1 heterocycles. The molecule has 1 aliphatic rings. The summed E-state index contributed by atoms with van der Waals surface area (Å²) in [7, 11) is 0. The fraction of sp³-hybridized carbons (Fsp3) is 0.818. The second-order valence-corrected chi connectivity index (χ2v) is 4.16. The van der Waals surface area contributed by atoms with Crippen LogP contribution in [-0.4, -0.2) is 49.2 Å². The Morgan fingerprint density at radius 3 is 2.61 bits per heavy atom. The van der Waals surface area contributed by atoms with E-state index in [1.54, 1.807) is 0 Å². The van der Waals surface area contributed by atoms with Gasteiger partial charge in [0.2, 0.25) is 0 Å². The number of carbonyl (C=O) groups excluding carboxylic acids is 2. The van der Waals surface area contributed by atoms with Gasteiger partial charge in [0.05, 0.1) is 13.2 Å². The standard InChI is InChI=1S/C11H17F2NO4/c1-2-3-6-17-9(15)7-18-10(16)14-5-4-11(12,13)8-14/h2-8H2,1H3. The molecule has 0 aromatic heterocycles. The molecule has 1 amide bonds. The fourth-order valence-electron chi connectivity index (χ4n) is 1.48. The van der Waals surface area contributed by atoms with Crippen LogP contribution in [0.4, 0.5) is 13.6 Å². The number of unbranched alkanes of at least 4 members (excludes halogenated alkanes) is 1. The summed E-state index contributed by atoms with van der Waals surface area (Å²) in [6.45, 7) is 0.966. The molecule has 0 radical (unpaired) electrons. The Morgan fingerprint density at radius 2 is 2.06 bits per heavy atom. The third-order valence-electron chi connectivity index (χ3n) is 2.50. The van der Waals surface area contributed by atoms with Crippen LogP contribution >= 0.6 is 0 Å². The van der Waals surface area contributed by atoms with E-state index in [-0.39, 0.29) is 19.6 Å². The van der Waals surface area contributed by atoms with Gasteiger partial charge in [-0.05, 0) is 6.42 Å². The quantitative estimate of drug-likeness (QED) is 0.562. The first-order valence-electron chi connectivity index (χ1n) is 5.90. The van der Waals surface area contributed by atoms with Gasteiger partial charge in [0.25, 0.3) is 5.92 Å². The Balaban J connectivity index is 2.19. The van der Waals surface area contributed by atoms with Gasteiger partial charge in [-0.1, -0.05) is 13.3 Å². The van der Waals surface area contributed by atoms with Crippen LogP contribution in [0.1, 0.15) is 26.2 Å². The lowest BCUT2D eigenvalue weighted by Crippen LogP contribution is -2.33. The number of likely N-dealkylation sites (tertiary alicyclic amines) is 1. The Hall–Kier alpha value is -1.40. The van der Waals surface area contributed by atoms with Gasteiger partial charge in [0.1, 0.15) is 0 Å². The molecule has 1 saturated heterocycles. The highest BCUT2D eigenvalue weighted by Crippen LogP contribution is 2.26. The molecular weight excluding hydrogens is 248 g/mol. The van der Waals surface area contributed by atoms with Crippen molar-refractivity contribution in [1.29, 1.82) is 0 Å². The molecule has 0 atom stereocenters. The van der Waals surface area contributed by atoms with Gasteiger partial charge in [0, 0.05) is 13.0 Å². The van der Waals surface area contributed by atoms with E-state index in [2.05, 4.69) is 4.74 Å². The number of esters is 1. The monoisotopic (exact) mass is 265 g/mol. The summed E-state index contributed by atoms with van der Waals surface area (Å²) in [5.74, 6) is -3.52. The number of nitrogens with zero attached hydrogens (tertiary/aromatic N) is 1. The third-order valence-corrected chi connectivity index (χ3v) is 2.50. The summed E-state index contributed by atoms with van der Waals surface area (Å²) >= 11 is 0. The fourth-order valence-corrected chi connectivity index (χ4v) is 1.48. The number of rotatable bonds is 5. The number of ether oxygens (including phenoxy) is 2. The zero-order valence-corrected chi connectivity index (χ0v) is 10.3. The molecule has 5 nitrogen and oxygen atoms in total. The molecule has 0 spiro atoms. The van der Waals surface area contributed by atoms with E-state index in [1.807, 2.05) is 6.92 Å². The number of carbonyl (C=O) groups is 2. The minimum atomic E-state index is -2.86. The van der Waals surface area contributed by atoms with E-state index in [9.17, 15) is 18.4 Å². The second kappa shape index (κ2) is 6.51. The van der Waals surface area contributed by atoms with Crippen molar-refractivity contribution < 1.29 is 27.8 Å². The summed E-state index contributed by atoms with van der Waals surface area (Å²) in [6, 6.07) is 0. The summed E-state index contributed by atoms with van der Waals surface area (Å²) < 4.78 is 35.0. The van der Waals surface area contributed by atoms with E-state index < -0.39 is 31.1 Å². The minimum absolute atomic E-state index is 0.0588. The van der Waals surface area contributed by atoms with Crippen molar-refractivity contribution >= 4 is 12.1 Å². The lowest BCUT2D eigenvalue weighted by atomic mass is 10.3. The van der Waals surface area contributed by atoms with Crippen LogP contribution in [0.15, 0.2) is 0 Å². The van der Waals surface area contributed by atoms with E-state index in [4.69, 9.17) is 4.74 Å². The van der Waals surface area contributed by atoms with Gasteiger partial charge >= 0.3 is 12.1 Å². The summed E-state index contributed by atoms with van der Waals surface area (Å²) in [5, 5.41) is 0. The van der Waals surface area contributed by atoms with Crippen molar-refractivity contribution in [2.45, 2.75) is 32.1 Å². The van der Waals surface area contributed by atoms with Crippen LogP contribution in [0.3, 0.4) is 0 Å². The molecule has 7 heteroatoms. The van der Waals surface area contributed by atoms with Gasteiger partial charge in [0.15, 0.2) is 6.61 Å². The van der Waals surface area contributed by atoms with Gasteiger partial charge < -0.3 is 14.4 Å². The maximum Gasteiger partial charge on any atom is 0.410 e. The smallest absolute Gasteiger partial charge is 0.410 e. The van der Waals surface area contributed by atoms with Crippen molar-refractivity contribution in [3.8, 4) is 0 Å². The SMILES string of the molecule is CCCCOC(=O)COC(=O)N1CCC(F)(F)C1. The molecule has 18 heavy (non-hydrogen) atoms. The van der Waals surface area contributed by atoms with Crippen LogP contribution in [0.5, 0.6) is 0 Å². The van der Waals surface area contributed by atoms with E-state index in [0.29, 0.717) is 0 Å². The number of halogens is 2. The van der Waals surface area contributed by atoms with Crippen molar-refractivity contribution in [2.75, 3.05) is 26.3 Å². The number of amides is 1. The Bertz CT molecular complexity index is 309. The summed E-state index contributed by atoms with van der Waals surface area (Å²) in [4.78, 5) is 23.3. The van der Waals surface area contributed by atoms with Crippen LogP contribution in [0, 0.1) is 0 Å². The zero-order valence-electron chi connectivity index (χ0n) is 10.3. The number of alkyl halides is 2. The topological polar surface area (TPSA) is 55.8 Å². The first-order valence-corrected chi connectivity index (χ1v) is 5.90. The third kappa shape index (κ3) is 4.85. The van der Waals surface area contributed by atoms with Crippen molar-refractivity contribution in [2.24, 2.45) is 0 Å². The minimum Gasteiger partial charge on any atom is -0.463 e. The predicted molar refractivity (Wildman–Crippen MR) is 58.4 cm³/mol. The maximum atomic E-state index is 12.8. The van der Waals surface area contributed by atoms with Crippen LogP contribution in [0.2, 0.25) is 0 Å². The molecule has 1 aliphatic heterocycles. The Labute approximate surface area is 104 Å². The van der Waals surface area contributed by atoms with Crippen molar-refractivity contribution in [3.63, 3.8) is 0 Å². The molecular formula is C11H17F2NO4. The second-order valence-electron chi connectivity index (χ2n) is 4.16. The van der Waals surface area contributed by atoms with E-state index in [0.717, 1.165) is 17.7 Å². The number of hydrogen-bond donors (Lipinski definition) is 0. The van der Waals surface area contributed by atoms with Crippen LogP contribution in [-0.2, 0) is 14.3 Å². The first-order chi connectivity index (χ1) is 8.44. The maximum absolute atomic E-state index is 12.8. The lowest BCUT2D eigenvalue weighted by Gasteiger charge is -2.15. The highest BCUT2D eigenvalue weighted by atomic mass is 19.3. The Morgan fingerprint density at radius 1 is 1.33 bits per heavy atom. The molecule has 0 unspecified atom stereocenters. The van der Waals surface area contributed by atoms with E-state index >= 15 is 0 Å². The lowest BCUT2D eigenvalue weighted by molar-refractivity contribution is -0.147.